The van der Waals surface area contributed by atoms with Gasteiger partial charge in [-0.05, 0) is 48.7 Å². The number of benzene rings is 2. The van der Waals surface area contributed by atoms with Gasteiger partial charge in [-0.2, -0.15) is 0 Å². The van der Waals surface area contributed by atoms with Crippen LogP contribution >= 0.6 is 0 Å². The first-order valence-electron chi connectivity index (χ1n) is 8.79. The minimum Gasteiger partial charge on any atom is -0.325 e. The summed E-state index contributed by atoms with van der Waals surface area (Å²) in [6.45, 7) is 1.99. The molecule has 1 saturated carbocycles. The highest BCUT2D eigenvalue weighted by Crippen LogP contribution is 2.38. The molecule has 2 amide bonds. The van der Waals surface area contributed by atoms with Crippen molar-refractivity contribution < 1.29 is 14.0 Å². The van der Waals surface area contributed by atoms with Crippen molar-refractivity contribution in [2.75, 3.05) is 10.6 Å². The number of aromatic nitrogens is 1. The van der Waals surface area contributed by atoms with Crippen molar-refractivity contribution in [3.63, 3.8) is 0 Å². The number of nitrogens with one attached hydrogen (secondary N) is 2. The lowest BCUT2D eigenvalue weighted by Gasteiger charge is -2.12. The van der Waals surface area contributed by atoms with Crippen LogP contribution in [0.15, 0.2) is 54.6 Å². The van der Waals surface area contributed by atoms with E-state index >= 15 is 0 Å². The summed E-state index contributed by atoms with van der Waals surface area (Å²) in [5.74, 6) is -0.582. The summed E-state index contributed by atoms with van der Waals surface area (Å²) in [7, 11) is 0. The number of nitrogens with zero attached hydrogens (tertiary/aromatic N) is 1. The summed E-state index contributed by atoms with van der Waals surface area (Å²) < 4.78 is 13.7. The Morgan fingerprint density at radius 2 is 1.85 bits per heavy atom. The number of hydrogen-bond donors (Lipinski definition) is 2. The Morgan fingerprint density at radius 3 is 2.63 bits per heavy atom. The number of carbonyl (C=O) groups is 2. The first-order valence-corrected chi connectivity index (χ1v) is 8.79. The van der Waals surface area contributed by atoms with E-state index in [2.05, 4.69) is 15.6 Å². The number of halogens is 1. The molecule has 1 fully saturated rings. The van der Waals surface area contributed by atoms with E-state index in [1.165, 1.54) is 12.1 Å². The highest BCUT2D eigenvalue weighted by molar-refractivity contribution is 6.10. The molecule has 6 heteroatoms. The smallest absolute Gasteiger partial charge is 0.259 e. The van der Waals surface area contributed by atoms with Crippen LogP contribution < -0.4 is 10.6 Å². The minimum absolute atomic E-state index is 0.0480. The van der Waals surface area contributed by atoms with Gasteiger partial charge in [-0.25, -0.2) is 9.37 Å². The summed E-state index contributed by atoms with van der Waals surface area (Å²) in [6, 6.07) is 14.8. The van der Waals surface area contributed by atoms with E-state index in [0.717, 1.165) is 23.4 Å². The Bertz CT molecular complexity index is 1050. The summed E-state index contributed by atoms with van der Waals surface area (Å²) >= 11 is 0. The first-order chi connectivity index (χ1) is 13.0. The van der Waals surface area contributed by atoms with Gasteiger partial charge in [0.1, 0.15) is 11.6 Å². The molecule has 5 nitrogen and oxygen atoms in total. The minimum atomic E-state index is -0.551. The van der Waals surface area contributed by atoms with Crippen molar-refractivity contribution in [1.29, 1.82) is 0 Å². The molecular formula is C21H18FN3O2. The number of para-hydroxylation sites is 1. The van der Waals surface area contributed by atoms with Crippen LogP contribution in [0.1, 0.15) is 23.7 Å². The highest BCUT2D eigenvalue weighted by atomic mass is 19.1. The molecule has 1 heterocycles. The van der Waals surface area contributed by atoms with Crippen LogP contribution in [0.5, 0.6) is 0 Å². The third kappa shape index (κ3) is 3.65. The Labute approximate surface area is 155 Å². The molecule has 1 aliphatic carbocycles. The molecule has 4 rings (SSSR count). The van der Waals surface area contributed by atoms with Crippen LogP contribution in [0.25, 0.3) is 10.9 Å². The average molecular weight is 363 g/mol. The summed E-state index contributed by atoms with van der Waals surface area (Å²) in [6.07, 6.45) is 0.829. The number of rotatable bonds is 4. The zero-order valence-electron chi connectivity index (χ0n) is 14.7. The number of amides is 2. The first kappa shape index (κ1) is 17.1. The van der Waals surface area contributed by atoms with Crippen LogP contribution in [-0.4, -0.2) is 16.8 Å². The van der Waals surface area contributed by atoms with Gasteiger partial charge in [0.25, 0.3) is 5.91 Å². The second-order valence-corrected chi connectivity index (χ2v) is 6.84. The molecular weight excluding hydrogens is 345 g/mol. The largest absolute Gasteiger partial charge is 0.325 e. The standard InChI is InChI=1S/C21H18FN3O2/c1-12-10-15(12)20(26)24-18-8-7-14(22)11-16(18)21(27)25-19-9-6-13-4-2-3-5-17(13)23-19/h2-9,11-12,15H,10H2,1H3,(H,24,26)(H,23,25,27)/t12-,15-/m1/s1. The zero-order valence-corrected chi connectivity index (χ0v) is 14.7. The molecule has 2 atom stereocenters. The topological polar surface area (TPSA) is 71.1 Å². The quantitative estimate of drug-likeness (QED) is 0.729. The van der Waals surface area contributed by atoms with E-state index in [1.54, 1.807) is 6.07 Å². The predicted octanol–water partition coefficient (Wildman–Crippen LogP) is 4.22. The van der Waals surface area contributed by atoms with E-state index in [0.29, 0.717) is 17.4 Å². The summed E-state index contributed by atoms with van der Waals surface area (Å²) in [5.41, 5.74) is 1.09. The van der Waals surface area contributed by atoms with Gasteiger partial charge in [-0.15, -0.1) is 0 Å². The van der Waals surface area contributed by atoms with Crippen molar-refractivity contribution in [3.8, 4) is 0 Å². The van der Waals surface area contributed by atoms with E-state index in [4.69, 9.17) is 0 Å². The summed E-state index contributed by atoms with van der Waals surface area (Å²) in [4.78, 5) is 29.3. The molecule has 1 aliphatic rings. The van der Waals surface area contributed by atoms with Gasteiger partial charge in [0, 0.05) is 11.3 Å². The average Bonchev–Trinajstić information content (AvgIpc) is 3.40. The Balaban J connectivity index is 1.58. The second kappa shape index (κ2) is 6.79. The fourth-order valence-corrected chi connectivity index (χ4v) is 3.05. The van der Waals surface area contributed by atoms with Gasteiger partial charge in [-0.3, -0.25) is 9.59 Å². The van der Waals surface area contributed by atoms with Crippen molar-refractivity contribution in [2.45, 2.75) is 13.3 Å². The Hall–Kier alpha value is -3.28. The van der Waals surface area contributed by atoms with Crippen LogP contribution in [-0.2, 0) is 4.79 Å². The van der Waals surface area contributed by atoms with E-state index in [9.17, 15) is 14.0 Å². The van der Waals surface area contributed by atoms with E-state index < -0.39 is 11.7 Å². The van der Waals surface area contributed by atoms with Crippen molar-refractivity contribution in [2.24, 2.45) is 11.8 Å². The molecule has 0 saturated heterocycles. The fourth-order valence-electron chi connectivity index (χ4n) is 3.05. The molecule has 0 aliphatic heterocycles. The number of anilines is 2. The van der Waals surface area contributed by atoms with E-state index in [-0.39, 0.29) is 17.4 Å². The molecule has 0 spiro atoms. The molecule has 0 radical (unpaired) electrons. The van der Waals surface area contributed by atoms with Gasteiger partial charge < -0.3 is 10.6 Å². The Morgan fingerprint density at radius 1 is 1.07 bits per heavy atom. The summed E-state index contributed by atoms with van der Waals surface area (Å²) in [5, 5.41) is 6.37. The van der Waals surface area contributed by atoms with Crippen molar-refractivity contribution >= 4 is 34.2 Å². The van der Waals surface area contributed by atoms with Gasteiger partial charge in [0.05, 0.1) is 16.8 Å². The predicted molar refractivity (Wildman–Crippen MR) is 102 cm³/mol. The van der Waals surface area contributed by atoms with Crippen LogP contribution in [0.4, 0.5) is 15.9 Å². The molecule has 1 aromatic heterocycles. The third-order valence-corrected chi connectivity index (χ3v) is 4.77. The number of carbonyl (C=O) groups excluding carboxylic acids is 2. The molecule has 0 bridgehead atoms. The normalized spacial score (nSPS) is 18.1. The monoisotopic (exact) mass is 363 g/mol. The van der Waals surface area contributed by atoms with Gasteiger partial charge in [0.2, 0.25) is 5.91 Å². The molecule has 136 valence electrons. The number of hydrogen-bond acceptors (Lipinski definition) is 3. The SMILES string of the molecule is C[C@@H]1C[C@H]1C(=O)Nc1ccc(F)cc1C(=O)Nc1ccc2ccccc2n1. The van der Waals surface area contributed by atoms with Crippen LogP contribution in [0.3, 0.4) is 0 Å². The molecule has 2 aromatic carbocycles. The zero-order chi connectivity index (χ0) is 19.0. The maximum atomic E-state index is 13.7. The number of pyridine rings is 1. The molecule has 3 aromatic rings. The second-order valence-electron chi connectivity index (χ2n) is 6.84. The van der Waals surface area contributed by atoms with Crippen LogP contribution in [0, 0.1) is 17.7 Å². The van der Waals surface area contributed by atoms with Crippen molar-refractivity contribution in [1.82, 2.24) is 4.98 Å². The van der Waals surface area contributed by atoms with Crippen molar-refractivity contribution in [3.05, 3.63) is 66.0 Å². The highest BCUT2D eigenvalue weighted by Gasteiger charge is 2.39. The van der Waals surface area contributed by atoms with Gasteiger partial charge in [-0.1, -0.05) is 25.1 Å². The lowest BCUT2D eigenvalue weighted by molar-refractivity contribution is -0.117. The van der Waals surface area contributed by atoms with Gasteiger partial charge in [0.15, 0.2) is 0 Å². The fraction of sp³-hybridized carbons (Fsp3) is 0.190. The van der Waals surface area contributed by atoms with Crippen LogP contribution in [0.2, 0.25) is 0 Å². The number of fused-ring (bicyclic) bond motifs is 1. The lowest BCUT2D eigenvalue weighted by Crippen LogP contribution is -2.20. The molecule has 2 N–H and O–H groups in total. The molecule has 0 unspecified atom stereocenters. The lowest BCUT2D eigenvalue weighted by atomic mass is 10.1. The molecule has 27 heavy (non-hydrogen) atoms. The Kier molecular flexibility index (Phi) is 4.32. The van der Waals surface area contributed by atoms with E-state index in [1.807, 2.05) is 37.3 Å². The maximum absolute atomic E-state index is 13.7. The maximum Gasteiger partial charge on any atom is 0.259 e. The van der Waals surface area contributed by atoms with Gasteiger partial charge >= 0.3 is 0 Å². The third-order valence-electron chi connectivity index (χ3n) is 4.77.